The number of likely N-dealkylation sites (tertiary alicyclic amines) is 1. The second-order valence-corrected chi connectivity index (χ2v) is 7.00. The standard InChI is InChI=1S/C20H27FN4O/c1-24(15-20(26)19-6-5-16(21)14-23-19)18-8-12-25(13-9-18)11-7-17-4-2-3-10-22-17/h2-6,10,14,18,20,26H,7-9,11-13,15H2,1H3. The van der Waals surface area contributed by atoms with E-state index in [1.807, 2.05) is 25.4 Å². The van der Waals surface area contributed by atoms with Gasteiger partial charge in [-0.25, -0.2) is 4.39 Å². The zero-order chi connectivity index (χ0) is 18.4. The molecule has 0 amide bonds. The lowest BCUT2D eigenvalue weighted by Gasteiger charge is -2.37. The summed E-state index contributed by atoms with van der Waals surface area (Å²) in [5, 5.41) is 10.3. The molecule has 1 N–H and O–H groups in total. The Bertz CT molecular complexity index is 659. The fraction of sp³-hybridized carbons (Fsp3) is 0.500. The van der Waals surface area contributed by atoms with Crippen molar-refractivity contribution in [3.05, 3.63) is 59.9 Å². The van der Waals surface area contributed by atoms with Gasteiger partial charge in [-0.15, -0.1) is 0 Å². The van der Waals surface area contributed by atoms with Gasteiger partial charge in [-0.2, -0.15) is 0 Å². The number of aromatic nitrogens is 2. The molecule has 2 aromatic rings. The second kappa shape index (κ2) is 9.16. The van der Waals surface area contributed by atoms with Crippen molar-refractivity contribution in [3.63, 3.8) is 0 Å². The van der Waals surface area contributed by atoms with Crippen LogP contribution < -0.4 is 0 Å². The van der Waals surface area contributed by atoms with Crippen molar-refractivity contribution in [2.75, 3.05) is 33.2 Å². The van der Waals surface area contributed by atoms with E-state index in [9.17, 15) is 9.50 Å². The molecule has 0 bridgehead atoms. The molecule has 0 aromatic carbocycles. The molecule has 1 fully saturated rings. The molecule has 1 atom stereocenters. The molecular weight excluding hydrogens is 331 g/mol. The van der Waals surface area contributed by atoms with Crippen LogP contribution in [0.1, 0.15) is 30.3 Å². The number of rotatable bonds is 7. The van der Waals surface area contributed by atoms with Gasteiger partial charge in [0.15, 0.2) is 0 Å². The molecule has 1 aliphatic rings. The monoisotopic (exact) mass is 358 g/mol. The zero-order valence-corrected chi connectivity index (χ0v) is 15.3. The highest BCUT2D eigenvalue weighted by Crippen LogP contribution is 2.19. The average Bonchev–Trinajstić information content (AvgIpc) is 2.68. The van der Waals surface area contributed by atoms with E-state index < -0.39 is 6.10 Å². The summed E-state index contributed by atoms with van der Waals surface area (Å²) in [7, 11) is 2.04. The van der Waals surface area contributed by atoms with Crippen LogP contribution in [0, 0.1) is 5.82 Å². The van der Waals surface area contributed by atoms with E-state index in [1.165, 1.54) is 6.07 Å². The molecule has 0 aliphatic carbocycles. The number of pyridine rings is 2. The van der Waals surface area contributed by atoms with Gasteiger partial charge < -0.3 is 14.9 Å². The van der Waals surface area contributed by atoms with Gasteiger partial charge >= 0.3 is 0 Å². The van der Waals surface area contributed by atoms with Gasteiger partial charge in [-0.1, -0.05) is 6.07 Å². The van der Waals surface area contributed by atoms with E-state index >= 15 is 0 Å². The van der Waals surface area contributed by atoms with E-state index in [4.69, 9.17) is 0 Å². The predicted molar refractivity (Wildman–Crippen MR) is 99.2 cm³/mol. The van der Waals surface area contributed by atoms with Crippen LogP contribution in [0.25, 0.3) is 0 Å². The minimum absolute atomic E-state index is 0.382. The number of aliphatic hydroxyl groups is 1. The molecule has 0 saturated carbocycles. The second-order valence-electron chi connectivity index (χ2n) is 7.00. The summed E-state index contributed by atoms with van der Waals surface area (Å²) in [6.45, 7) is 3.67. The molecule has 140 valence electrons. The van der Waals surface area contributed by atoms with Crippen LogP contribution in [0.3, 0.4) is 0 Å². The van der Waals surface area contributed by atoms with E-state index in [0.717, 1.165) is 50.8 Å². The van der Waals surface area contributed by atoms with Gasteiger partial charge in [0.1, 0.15) is 11.9 Å². The molecule has 6 heteroatoms. The van der Waals surface area contributed by atoms with Gasteiger partial charge in [0.05, 0.1) is 11.9 Å². The quantitative estimate of drug-likeness (QED) is 0.823. The lowest BCUT2D eigenvalue weighted by molar-refractivity contribution is 0.0718. The van der Waals surface area contributed by atoms with E-state index in [-0.39, 0.29) is 5.82 Å². The van der Waals surface area contributed by atoms with Crippen LogP contribution in [-0.2, 0) is 6.42 Å². The number of halogens is 1. The van der Waals surface area contributed by atoms with Crippen molar-refractivity contribution in [2.24, 2.45) is 0 Å². The van der Waals surface area contributed by atoms with Crippen LogP contribution in [0.5, 0.6) is 0 Å². The van der Waals surface area contributed by atoms with Gasteiger partial charge in [0.25, 0.3) is 0 Å². The Morgan fingerprint density at radius 3 is 2.69 bits per heavy atom. The lowest BCUT2D eigenvalue weighted by Crippen LogP contribution is -2.45. The summed E-state index contributed by atoms with van der Waals surface area (Å²) in [5.41, 5.74) is 1.66. The molecule has 1 saturated heterocycles. The van der Waals surface area contributed by atoms with Gasteiger partial charge in [0.2, 0.25) is 0 Å². The number of nitrogens with zero attached hydrogens (tertiary/aromatic N) is 4. The first-order valence-corrected chi connectivity index (χ1v) is 9.24. The van der Waals surface area contributed by atoms with Crippen LogP contribution in [-0.4, -0.2) is 64.1 Å². The highest BCUT2D eigenvalue weighted by atomic mass is 19.1. The Hall–Kier alpha value is -1.89. The van der Waals surface area contributed by atoms with Crippen LogP contribution in [0.15, 0.2) is 42.7 Å². The fourth-order valence-electron chi connectivity index (χ4n) is 3.50. The summed E-state index contributed by atoms with van der Waals surface area (Å²) in [4.78, 5) is 13.0. The van der Waals surface area contributed by atoms with Gasteiger partial charge in [0, 0.05) is 37.4 Å². The van der Waals surface area contributed by atoms with Crippen LogP contribution >= 0.6 is 0 Å². The highest BCUT2D eigenvalue weighted by molar-refractivity contribution is 5.08. The minimum atomic E-state index is -0.692. The maximum Gasteiger partial charge on any atom is 0.141 e. The predicted octanol–water partition coefficient (Wildman–Crippen LogP) is 2.29. The number of hydrogen-bond donors (Lipinski definition) is 1. The molecule has 3 heterocycles. The third-order valence-corrected chi connectivity index (χ3v) is 5.14. The first kappa shape index (κ1) is 18.9. The maximum atomic E-state index is 12.9. The lowest BCUT2D eigenvalue weighted by atomic mass is 10.0. The third-order valence-electron chi connectivity index (χ3n) is 5.14. The molecule has 1 unspecified atom stereocenters. The molecule has 0 radical (unpaired) electrons. The Morgan fingerprint density at radius 1 is 1.23 bits per heavy atom. The summed E-state index contributed by atoms with van der Waals surface area (Å²) < 4.78 is 12.9. The molecular formula is C20H27FN4O. The van der Waals surface area contributed by atoms with Crippen molar-refractivity contribution in [3.8, 4) is 0 Å². The number of aliphatic hydroxyl groups excluding tert-OH is 1. The van der Waals surface area contributed by atoms with Crippen molar-refractivity contribution in [1.82, 2.24) is 19.8 Å². The summed E-state index contributed by atoms with van der Waals surface area (Å²) in [6.07, 6.45) is 5.46. The van der Waals surface area contributed by atoms with Crippen LogP contribution in [0.4, 0.5) is 4.39 Å². The largest absolute Gasteiger partial charge is 0.385 e. The summed E-state index contributed by atoms with van der Waals surface area (Å²) >= 11 is 0. The van der Waals surface area contributed by atoms with Gasteiger partial charge in [-0.05, 0) is 57.2 Å². The van der Waals surface area contributed by atoms with Crippen molar-refractivity contribution < 1.29 is 9.50 Å². The Morgan fingerprint density at radius 2 is 2.04 bits per heavy atom. The highest BCUT2D eigenvalue weighted by Gasteiger charge is 2.24. The maximum absolute atomic E-state index is 12.9. The molecule has 1 aliphatic heterocycles. The Labute approximate surface area is 154 Å². The van der Waals surface area contributed by atoms with Crippen LogP contribution in [0.2, 0.25) is 0 Å². The van der Waals surface area contributed by atoms with Gasteiger partial charge in [-0.3, -0.25) is 9.97 Å². The summed E-state index contributed by atoms with van der Waals surface area (Å²) in [5.74, 6) is -0.382. The molecule has 3 rings (SSSR count). The Kier molecular flexibility index (Phi) is 6.66. The zero-order valence-electron chi connectivity index (χ0n) is 15.3. The minimum Gasteiger partial charge on any atom is -0.385 e. The first-order chi connectivity index (χ1) is 12.6. The molecule has 5 nitrogen and oxygen atoms in total. The fourth-order valence-corrected chi connectivity index (χ4v) is 3.50. The Balaban J connectivity index is 1.41. The molecule has 2 aromatic heterocycles. The third kappa shape index (κ3) is 5.30. The van der Waals surface area contributed by atoms with E-state index in [1.54, 1.807) is 6.07 Å². The van der Waals surface area contributed by atoms with Crippen molar-refractivity contribution >= 4 is 0 Å². The topological polar surface area (TPSA) is 52.5 Å². The van der Waals surface area contributed by atoms with Crippen molar-refractivity contribution in [1.29, 1.82) is 0 Å². The normalized spacial score (nSPS) is 17.5. The van der Waals surface area contributed by atoms with Crippen molar-refractivity contribution in [2.45, 2.75) is 31.4 Å². The summed E-state index contributed by atoms with van der Waals surface area (Å²) in [6, 6.07) is 9.40. The molecule has 26 heavy (non-hydrogen) atoms. The molecule has 0 spiro atoms. The smallest absolute Gasteiger partial charge is 0.141 e. The number of likely N-dealkylation sites (N-methyl/N-ethyl adjacent to an activating group) is 1. The number of piperidine rings is 1. The van der Waals surface area contributed by atoms with E-state index in [2.05, 4.69) is 25.8 Å². The number of hydrogen-bond acceptors (Lipinski definition) is 5. The van der Waals surface area contributed by atoms with E-state index in [0.29, 0.717) is 18.3 Å². The first-order valence-electron chi connectivity index (χ1n) is 9.24. The average molecular weight is 358 g/mol. The SMILES string of the molecule is CN(CC(O)c1ccc(F)cn1)C1CCN(CCc2ccccn2)CC1.